The van der Waals surface area contributed by atoms with Crippen molar-refractivity contribution >= 4 is 11.9 Å². The van der Waals surface area contributed by atoms with Gasteiger partial charge in [-0.3, -0.25) is 15.3 Å². The van der Waals surface area contributed by atoms with Gasteiger partial charge in [0.2, 0.25) is 0 Å². The van der Waals surface area contributed by atoms with E-state index in [1.54, 1.807) is 44.4 Å². The number of fused-ring (bicyclic) bond motifs is 3. The average Bonchev–Trinajstić information content (AvgIpc) is 2.92. The Morgan fingerprint density at radius 3 is 2.18 bits per heavy atom. The lowest BCUT2D eigenvalue weighted by Gasteiger charge is -2.52. The number of carbonyl (C=O) groups excluding carboxylic acids is 1. The van der Waals surface area contributed by atoms with Crippen LogP contribution in [0.2, 0.25) is 0 Å². The number of hydrogen-bond donors (Lipinski definition) is 2. The zero-order chi connectivity index (χ0) is 27.9. The largest absolute Gasteiger partial charge is 0.449 e. The molecule has 0 atom stereocenters. The van der Waals surface area contributed by atoms with Crippen molar-refractivity contribution in [2.24, 2.45) is 5.41 Å². The van der Waals surface area contributed by atoms with Gasteiger partial charge in [-0.2, -0.15) is 0 Å². The van der Waals surface area contributed by atoms with Gasteiger partial charge in [-0.15, -0.1) is 0 Å². The van der Waals surface area contributed by atoms with Gasteiger partial charge in [0.25, 0.3) is 5.92 Å². The van der Waals surface area contributed by atoms with E-state index in [2.05, 4.69) is 20.3 Å². The van der Waals surface area contributed by atoms with E-state index in [4.69, 9.17) is 4.74 Å². The number of carbonyl (C=O) groups is 1. The lowest BCUT2D eigenvalue weighted by atomic mass is 9.53. The van der Waals surface area contributed by atoms with Gasteiger partial charge in [-0.1, -0.05) is 6.07 Å². The zero-order valence-corrected chi connectivity index (χ0v) is 22.5. The van der Waals surface area contributed by atoms with E-state index in [0.29, 0.717) is 23.7 Å². The summed E-state index contributed by atoms with van der Waals surface area (Å²) < 4.78 is 32.9. The monoisotopic (exact) mass is 536 g/mol. The van der Waals surface area contributed by atoms with Crippen molar-refractivity contribution in [3.63, 3.8) is 0 Å². The molecule has 6 rings (SSSR count). The molecule has 2 bridgehead atoms. The molecule has 3 saturated carbocycles. The number of nitrogens with one attached hydrogen (secondary N) is 1. The molecule has 0 unspecified atom stereocenters. The van der Waals surface area contributed by atoms with Gasteiger partial charge in [-0.25, -0.2) is 18.6 Å². The second kappa shape index (κ2) is 9.93. The van der Waals surface area contributed by atoms with Crippen LogP contribution >= 0.6 is 0 Å². The molecule has 39 heavy (non-hydrogen) atoms. The molecule has 3 aliphatic rings. The fourth-order valence-electron chi connectivity index (χ4n) is 5.78. The van der Waals surface area contributed by atoms with Crippen LogP contribution < -0.4 is 5.32 Å². The summed E-state index contributed by atoms with van der Waals surface area (Å²) in [5.41, 5.74) is 1.87. The third-order valence-corrected chi connectivity index (χ3v) is 8.48. The number of amides is 1. The Bertz CT molecular complexity index is 1310. The Balaban J connectivity index is 1.16. The number of hydrogen-bond acceptors (Lipinski definition) is 6. The molecule has 0 aliphatic heterocycles. The van der Waals surface area contributed by atoms with E-state index in [1.807, 2.05) is 12.1 Å². The predicted octanol–water partition coefficient (Wildman–Crippen LogP) is 6.72. The summed E-state index contributed by atoms with van der Waals surface area (Å²) in [6.07, 6.45) is 9.36. The molecular formula is C30H34F2N4O3. The van der Waals surface area contributed by atoms with Gasteiger partial charge in [0.05, 0.1) is 17.9 Å². The smallest absolute Gasteiger partial charge is 0.412 e. The van der Waals surface area contributed by atoms with E-state index < -0.39 is 17.6 Å². The highest BCUT2D eigenvalue weighted by Gasteiger charge is 2.50. The van der Waals surface area contributed by atoms with Gasteiger partial charge in [-0.05, 0) is 82.7 Å². The Hall–Kier alpha value is -3.46. The molecule has 7 nitrogen and oxygen atoms in total. The Morgan fingerprint density at radius 1 is 0.949 bits per heavy atom. The molecule has 0 aromatic carbocycles. The van der Waals surface area contributed by atoms with Crippen molar-refractivity contribution < 1.29 is 23.4 Å². The van der Waals surface area contributed by atoms with Crippen molar-refractivity contribution in [2.45, 2.75) is 76.2 Å². The SMILES string of the molecule is CC(C)(O)c1ccc(-c2ccnc(NC(=O)OCC34CCC(c5ccc(C(C)(F)F)cn5)(CC3)CC4)c2)nc1. The van der Waals surface area contributed by atoms with Crippen molar-refractivity contribution in [2.75, 3.05) is 11.9 Å². The Kier molecular flexibility index (Phi) is 6.91. The highest BCUT2D eigenvalue weighted by molar-refractivity contribution is 5.84. The third kappa shape index (κ3) is 5.78. The van der Waals surface area contributed by atoms with E-state index >= 15 is 0 Å². The van der Waals surface area contributed by atoms with Gasteiger partial charge in [0.15, 0.2) is 0 Å². The number of ether oxygens (including phenoxy) is 1. The van der Waals surface area contributed by atoms with Crippen molar-refractivity contribution in [1.29, 1.82) is 0 Å². The normalized spacial score (nSPS) is 22.9. The number of rotatable bonds is 7. The molecular weight excluding hydrogens is 502 g/mol. The number of pyridine rings is 3. The summed E-state index contributed by atoms with van der Waals surface area (Å²) in [5.74, 6) is -2.53. The highest BCUT2D eigenvalue weighted by Crippen LogP contribution is 2.57. The van der Waals surface area contributed by atoms with E-state index in [0.717, 1.165) is 56.7 Å². The molecule has 0 radical (unpaired) electrons. The first-order valence-electron chi connectivity index (χ1n) is 13.3. The Morgan fingerprint density at radius 2 is 1.62 bits per heavy atom. The maximum absolute atomic E-state index is 13.6. The molecule has 9 heteroatoms. The highest BCUT2D eigenvalue weighted by atomic mass is 19.3. The fourth-order valence-corrected chi connectivity index (χ4v) is 5.78. The van der Waals surface area contributed by atoms with Crippen molar-refractivity contribution in [3.8, 4) is 11.3 Å². The maximum Gasteiger partial charge on any atom is 0.412 e. The maximum atomic E-state index is 13.6. The van der Waals surface area contributed by atoms with E-state index in [-0.39, 0.29) is 16.4 Å². The summed E-state index contributed by atoms with van der Waals surface area (Å²) in [4.78, 5) is 25.7. The molecule has 0 spiro atoms. The van der Waals surface area contributed by atoms with Crippen LogP contribution in [0.5, 0.6) is 0 Å². The number of anilines is 1. The fraction of sp³-hybridized carbons (Fsp3) is 0.467. The third-order valence-electron chi connectivity index (χ3n) is 8.48. The summed E-state index contributed by atoms with van der Waals surface area (Å²) >= 11 is 0. The van der Waals surface area contributed by atoms with Crippen LogP contribution in [-0.2, 0) is 21.7 Å². The van der Waals surface area contributed by atoms with Crippen molar-refractivity contribution in [3.05, 3.63) is 71.8 Å². The summed E-state index contributed by atoms with van der Waals surface area (Å²) in [7, 11) is 0. The average molecular weight is 537 g/mol. The first-order chi connectivity index (χ1) is 18.4. The minimum atomic E-state index is -2.90. The quantitative estimate of drug-likeness (QED) is 0.348. The molecule has 3 aromatic rings. The second-order valence-electron chi connectivity index (χ2n) is 11.7. The molecule has 206 valence electrons. The van der Waals surface area contributed by atoms with Crippen LogP contribution in [0.4, 0.5) is 19.4 Å². The second-order valence-corrected chi connectivity index (χ2v) is 11.7. The Labute approximate surface area is 227 Å². The number of alkyl halides is 2. The minimum absolute atomic E-state index is 0.0667. The van der Waals surface area contributed by atoms with Crippen LogP contribution in [-0.4, -0.2) is 32.8 Å². The molecule has 3 aliphatic carbocycles. The van der Waals surface area contributed by atoms with Crippen LogP contribution in [0.1, 0.15) is 76.1 Å². The van der Waals surface area contributed by atoms with Gasteiger partial charge in [0, 0.05) is 58.7 Å². The minimum Gasteiger partial charge on any atom is -0.449 e. The lowest BCUT2D eigenvalue weighted by Crippen LogP contribution is -2.47. The van der Waals surface area contributed by atoms with Crippen LogP contribution in [0.3, 0.4) is 0 Å². The van der Waals surface area contributed by atoms with Gasteiger partial charge < -0.3 is 9.84 Å². The summed E-state index contributed by atoms with van der Waals surface area (Å²) in [5, 5.41) is 12.9. The number of nitrogens with zero attached hydrogens (tertiary/aromatic N) is 3. The molecule has 0 saturated heterocycles. The lowest BCUT2D eigenvalue weighted by molar-refractivity contribution is -0.0130. The van der Waals surface area contributed by atoms with Crippen LogP contribution in [0.25, 0.3) is 11.3 Å². The molecule has 2 N–H and O–H groups in total. The number of aliphatic hydroxyl groups is 1. The molecule has 1 amide bonds. The molecule has 3 aromatic heterocycles. The molecule has 3 fully saturated rings. The van der Waals surface area contributed by atoms with E-state index in [9.17, 15) is 18.7 Å². The predicted molar refractivity (Wildman–Crippen MR) is 143 cm³/mol. The van der Waals surface area contributed by atoms with Gasteiger partial charge in [0.1, 0.15) is 5.82 Å². The standard InChI is InChI=1S/C30H34F2N4O3/c1-27(2,38)21-4-6-23(34-17-21)20-8-15-33-25(16-20)36-26(37)39-19-29-9-12-30(13-10-29,14-11-29)24-7-5-22(18-35-24)28(3,31)32/h4-8,15-18,38H,9-14,19H2,1-3H3,(H,33,36,37). The number of aromatic nitrogens is 3. The van der Waals surface area contributed by atoms with Gasteiger partial charge >= 0.3 is 6.09 Å². The van der Waals surface area contributed by atoms with E-state index in [1.165, 1.54) is 12.3 Å². The summed E-state index contributed by atoms with van der Waals surface area (Å²) in [6, 6.07) is 10.4. The summed E-state index contributed by atoms with van der Waals surface area (Å²) in [6.45, 7) is 4.61. The first-order valence-corrected chi connectivity index (χ1v) is 13.3. The van der Waals surface area contributed by atoms with Crippen LogP contribution in [0.15, 0.2) is 55.0 Å². The topological polar surface area (TPSA) is 97.2 Å². The van der Waals surface area contributed by atoms with Crippen molar-refractivity contribution in [1.82, 2.24) is 15.0 Å². The zero-order valence-electron chi connectivity index (χ0n) is 22.5. The molecule has 3 heterocycles. The first kappa shape index (κ1) is 27.1. The number of halogens is 2. The van der Waals surface area contributed by atoms with Crippen LogP contribution in [0, 0.1) is 5.41 Å².